The Kier molecular flexibility index (Phi) is 4.55. The van der Waals surface area contributed by atoms with Gasteiger partial charge >= 0.3 is 0 Å². The molecular formula is C15H15BrN4O2. The lowest BCUT2D eigenvalue weighted by atomic mass is 10.3. The van der Waals surface area contributed by atoms with Crippen LogP contribution in [0.3, 0.4) is 0 Å². The maximum absolute atomic E-state index is 5.81. The Morgan fingerprint density at radius 2 is 2.09 bits per heavy atom. The van der Waals surface area contributed by atoms with Crippen LogP contribution in [0.2, 0.25) is 0 Å². The summed E-state index contributed by atoms with van der Waals surface area (Å²) in [6, 6.07) is 11.4. The molecule has 0 atom stereocenters. The number of hydrogen-bond donors (Lipinski definition) is 1. The Labute approximate surface area is 136 Å². The molecule has 0 amide bonds. The first-order chi connectivity index (χ1) is 10.8. The smallest absolute Gasteiger partial charge is 0.224 e. The van der Waals surface area contributed by atoms with Gasteiger partial charge in [-0.25, -0.2) is 0 Å². The SMILES string of the molecule is COCCNc1cc(Oc2ccccc2)nc2c(Br)cnn12. The number of fused-ring (bicyclic) bond motifs is 1. The zero-order valence-corrected chi connectivity index (χ0v) is 13.6. The minimum Gasteiger partial charge on any atom is -0.439 e. The Morgan fingerprint density at radius 1 is 1.27 bits per heavy atom. The summed E-state index contributed by atoms with van der Waals surface area (Å²) in [7, 11) is 1.66. The first-order valence-electron chi connectivity index (χ1n) is 6.78. The molecule has 0 fully saturated rings. The second-order valence-corrected chi connectivity index (χ2v) is 5.40. The molecule has 3 aromatic rings. The number of nitrogens with one attached hydrogen (secondary N) is 1. The summed E-state index contributed by atoms with van der Waals surface area (Å²) in [4.78, 5) is 4.48. The number of hydrogen-bond acceptors (Lipinski definition) is 5. The molecule has 2 aromatic heterocycles. The van der Waals surface area contributed by atoms with Gasteiger partial charge in [-0.3, -0.25) is 0 Å². The average Bonchev–Trinajstić information content (AvgIpc) is 2.90. The second kappa shape index (κ2) is 6.76. The zero-order chi connectivity index (χ0) is 15.4. The van der Waals surface area contributed by atoms with Crippen molar-refractivity contribution in [2.75, 3.05) is 25.6 Å². The molecule has 1 aromatic carbocycles. The fourth-order valence-electron chi connectivity index (χ4n) is 1.98. The van der Waals surface area contributed by atoms with Gasteiger partial charge in [-0.05, 0) is 28.1 Å². The number of para-hydroxylation sites is 1. The van der Waals surface area contributed by atoms with Crippen molar-refractivity contribution >= 4 is 27.4 Å². The minimum atomic E-state index is 0.500. The monoisotopic (exact) mass is 362 g/mol. The summed E-state index contributed by atoms with van der Waals surface area (Å²) >= 11 is 3.45. The standard InChI is InChI=1S/C15H15BrN4O2/c1-21-8-7-17-13-9-14(22-11-5-3-2-4-6-11)19-15-12(16)10-18-20(13)15/h2-6,9-10,17H,7-8H2,1H3. The van der Waals surface area contributed by atoms with Crippen molar-refractivity contribution in [3.05, 3.63) is 47.1 Å². The van der Waals surface area contributed by atoms with Gasteiger partial charge in [0.2, 0.25) is 5.88 Å². The second-order valence-electron chi connectivity index (χ2n) is 4.54. The molecule has 0 aliphatic carbocycles. The van der Waals surface area contributed by atoms with E-state index in [9.17, 15) is 0 Å². The lowest BCUT2D eigenvalue weighted by Gasteiger charge is -2.11. The van der Waals surface area contributed by atoms with E-state index in [0.717, 1.165) is 16.0 Å². The van der Waals surface area contributed by atoms with Crippen LogP contribution < -0.4 is 10.1 Å². The number of rotatable bonds is 6. The van der Waals surface area contributed by atoms with Crippen molar-refractivity contribution in [2.45, 2.75) is 0 Å². The number of anilines is 1. The van der Waals surface area contributed by atoms with Gasteiger partial charge in [-0.1, -0.05) is 18.2 Å². The molecule has 7 heteroatoms. The fourth-order valence-corrected chi connectivity index (χ4v) is 2.33. The first-order valence-corrected chi connectivity index (χ1v) is 7.57. The van der Waals surface area contributed by atoms with Crippen molar-refractivity contribution in [1.82, 2.24) is 14.6 Å². The van der Waals surface area contributed by atoms with E-state index >= 15 is 0 Å². The summed E-state index contributed by atoms with van der Waals surface area (Å²) in [6.45, 7) is 1.26. The maximum atomic E-state index is 5.81. The minimum absolute atomic E-state index is 0.500. The van der Waals surface area contributed by atoms with E-state index in [0.29, 0.717) is 24.7 Å². The Balaban J connectivity index is 1.94. The number of nitrogens with zero attached hydrogens (tertiary/aromatic N) is 3. The quantitative estimate of drug-likeness (QED) is 0.681. The third kappa shape index (κ3) is 3.20. The van der Waals surface area contributed by atoms with Crippen LogP contribution in [0.1, 0.15) is 0 Å². The van der Waals surface area contributed by atoms with Crippen LogP contribution in [0.5, 0.6) is 11.6 Å². The van der Waals surface area contributed by atoms with Crippen LogP contribution in [-0.4, -0.2) is 34.9 Å². The number of aromatic nitrogens is 3. The van der Waals surface area contributed by atoms with Gasteiger partial charge in [0.05, 0.1) is 17.3 Å². The van der Waals surface area contributed by atoms with Crippen LogP contribution in [0.25, 0.3) is 5.65 Å². The van der Waals surface area contributed by atoms with Crippen LogP contribution in [-0.2, 0) is 4.74 Å². The van der Waals surface area contributed by atoms with E-state index in [4.69, 9.17) is 9.47 Å². The van der Waals surface area contributed by atoms with Gasteiger partial charge in [-0.2, -0.15) is 14.6 Å². The predicted octanol–water partition coefficient (Wildman–Crippen LogP) is 3.34. The molecule has 1 N–H and O–H groups in total. The van der Waals surface area contributed by atoms with Crippen molar-refractivity contribution < 1.29 is 9.47 Å². The van der Waals surface area contributed by atoms with Crippen molar-refractivity contribution in [3.63, 3.8) is 0 Å². The molecular weight excluding hydrogens is 348 g/mol. The average molecular weight is 363 g/mol. The van der Waals surface area contributed by atoms with Crippen molar-refractivity contribution in [2.24, 2.45) is 0 Å². The van der Waals surface area contributed by atoms with Gasteiger partial charge in [0.1, 0.15) is 11.6 Å². The summed E-state index contributed by atoms with van der Waals surface area (Å²) in [5.74, 6) is 2.02. The normalized spacial score (nSPS) is 10.8. The number of halogens is 1. The van der Waals surface area contributed by atoms with Crippen molar-refractivity contribution in [1.29, 1.82) is 0 Å². The Bertz CT molecular complexity index is 761. The molecule has 6 nitrogen and oxygen atoms in total. The maximum Gasteiger partial charge on any atom is 0.224 e. The van der Waals surface area contributed by atoms with E-state index in [2.05, 4.69) is 31.3 Å². The summed E-state index contributed by atoms with van der Waals surface area (Å²) < 4.78 is 13.4. The van der Waals surface area contributed by atoms with Gasteiger partial charge in [0, 0.05) is 19.7 Å². The molecule has 0 unspecified atom stereocenters. The predicted molar refractivity (Wildman–Crippen MR) is 87.6 cm³/mol. The van der Waals surface area contributed by atoms with Crippen LogP contribution in [0.15, 0.2) is 47.1 Å². The molecule has 0 aliphatic rings. The summed E-state index contributed by atoms with van der Waals surface area (Å²) in [5.41, 5.74) is 0.688. The highest BCUT2D eigenvalue weighted by molar-refractivity contribution is 9.10. The van der Waals surface area contributed by atoms with Gasteiger partial charge < -0.3 is 14.8 Å². The topological polar surface area (TPSA) is 60.7 Å². The molecule has 3 rings (SSSR count). The Hall–Kier alpha value is -2.12. The van der Waals surface area contributed by atoms with E-state index in [1.165, 1.54) is 0 Å². The van der Waals surface area contributed by atoms with Gasteiger partial charge in [-0.15, -0.1) is 0 Å². The largest absolute Gasteiger partial charge is 0.439 e. The van der Waals surface area contributed by atoms with E-state index < -0.39 is 0 Å². The molecule has 0 saturated heterocycles. The van der Waals surface area contributed by atoms with E-state index in [1.807, 2.05) is 36.4 Å². The highest BCUT2D eigenvalue weighted by Gasteiger charge is 2.11. The lowest BCUT2D eigenvalue weighted by molar-refractivity contribution is 0.210. The van der Waals surface area contributed by atoms with E-state index in [1.54, 1.807) is 17.8 Å². The molecule has 0 saturated carbocycles. The molecule has 0 spiro atoms. The lowest BCUT2D eigenvalue weighted by Crippen LogP contribution is -2.11. The molecule has 0 radical (unpaired) electrons. The van der Waals surface area contributed by atoms with E-state index in [-0.39, 0.29) is 0 Å². The third-order valence-corrected chi connectivity index (χ3v) is 3.54. The molecule has 0 aliphatic heterocycles. The number of benzene rings is 1. The number of ether oxygens (including phenoxy) is 2. The molecule has 114 valence electrons. The first kappa shape index (κ1) is 14.8. The molecule has 0 bridgehead atoms. The highest BCUT2D eigenvalue weighted by Crippen LogP contribution is 2.26. The van der Waals surface area contributed by atoms with Crippen LogP contribution in [0.4, 0.5) is 5.82 Å². The highest BCUT2D eigenvalue weighted by atomic mass is 79.9. The van der Waals surface area contributed by atoms with Crippen molar-refractivity contribution in [3.8, 4) is 11.6 Å². The molecule has 22 heavy (non-hydrogen) atoms. The summed E-state index contributed by atoms with van der Waals surface area (Å²) in [5, 5.41) is 7.56. The van der Waals surface area contributed by atoms with Gasteiger partial charge in [0.15, 0.2) is 5.65 Å². The Morgan fingerprint density at radius 3 is 2.86 bits per heavy atom. The van der Waals surface area contributed by atoms with Gasteiger partial charge in [0.25, 0.3) is 0 Å². The number of methoxy groups -OCH3 is 1. The molecule has 2 heterocycles. The third-order valence-electron chi connectivity index (χ3n) is 2.98. The summed E-state index contributed by atoms with van der Waals surface area (Å²) in [6.07, 6.45) is 1.70. The zero-order valence-electron chi connectivity index (χ0n) is 12.0. The fraction of sp³-hybridized carbons (Fsp3) is 0.200. The van der Waals surface area contributed by atoms with Crippen LogP contribution in [0, 0.1) is 0 Å². The van der Waals surface area contributed by atoms with Crippen LogP contribution >= 0.6 is 15.9 Å².